The maximum atomic E-state index is 11.3. The van der Waals surface area contributed by atoms with E-state index in [0.29, 0.717) is 11.8 Å². The van der Waals surface area contributed by atoms with Crippen LogP contribution in [0.1, 0.15) is 43.2 Å². The number of carboxylic acids is 1. The number of aliphatic carboxylic acids is 1. The Morgan fingerprint density at radius 3 is 2.91 bits per heavy atom. The lowest BCUT2D eigenvalue weighted by atomic mass is 9.79. The summed E-state index contributed by atoms with van der Waals surface area (Å²) in [6.07, 6.45) is 7.38. The monoisotopic (exact) mass is 512 g/mol. The molecule has 0 amide bonds. The first kappa shape index (κ1) is 26.0. The van der Waals surface area contributed by atoms with Crippen LogP contribution in [0.15, 0.2) is 46.1 Å². The highest BCUT2D eigenvalue weighted by Crippen LogP contribution is 2.33. The number of aromatic nitrogens is 1. The molecule has 0 spiro atoms. The van der Waals surface area contributed by atoms with Gasteiger partial charge in [-0.15, -0.1) is 23.1 Å². The van der Waals surface area contributed by atoms with Crippen LogP contribution in [0, 0.1) is 18.8 Å². The third-order valence-electron chi connectivity index (χ3n) is 7.22. The number of carbonyl (C=O) groups is 1. The maximum absolute atomic E-state index is 11.3. The van der Waals surface area contributed by atoms with Gasteiger partial charge in [-0.3, -0.25) is 9.78 Å². The number of likely N-dealkylation sites (tertiary alicyclic amines) is 1. The molecule has 0 bridgehead atoms. The molecule has 3 heterocycles. The Morgan fingerprint density at radius 1 is 1.26 bits per heavy atom. The second kappa shape index (κ2) is 12.7. The molecular formula is C28H36N2O3S2. The smallest absolute Gasteiger partial charge is 0.303 e. The molecule has 1 fully saturated rings. The average molecular weight is 513 g/mol. The lowest BCUT2D eigenvalue weighted by Crippen LogP contribution is -2.41. The third-order valence-corrected chi connectivity index (χ3v) is 9.64. The largest absolute Gasteiger partial charge is 0.497 e. The van der Waals surface area contributed by atoms with Gasteiger partial charge in [-0.1, -0.05) is 0 Å². The van der Waals surface area contributed by atoms with E-state index in [1.54, 1.807) is 7.11 Å². The number of hydrogen-bond donors (Lipinski definition) is 1. The number of ether oxygens (including phenoxy) is 1. The molecule has 2 unspecified atom stereocenters. The van der Waals surface area contributed by atoms with Crippen LogP contribution in [0.25, 0.3) is 10.9 Å². The van der Waals surface area contributed by atoms with Crippen molar-refractivity contribution in [1.82, 2.24) is 9.88 Å². The minimum Gasteiger partial charge on any atom is -0.497 e. The standard InChI is InChI=1S/C28H36N2O3S2/c1-20-12-16-34-28(20)35-17-15-30-14-11-21(23(19-30)6-9-27(31)32)4-3-5-22-10-13-29-26-8-7-24(33-2)18-25(22)26/h7-8,10,12-13,16,18,21,23H,3-6,9,11,14-15,17,19H2,1-2H3,(H,31,32). The predicted octanol–water partition coefficient (Wildman–Crippen LogP) is 6.53. The summed E-state index contributed by atoms with van der Waals surface area (Å²) < 4.78 is 6.84. The van der Waals surface area contributed by atoms with E-state index in [0.717, 1.165) is 68.8 Å². The Labute approximate surface area is 216 Å². The van der Waals surface area contributed by atoms with Crippen LogP contribution in [-0.2, 0) is 11.2 Å². The topological polar surface area (TPSA) is 62.7 Å². The summed E-state index contributed by atoms with van der Waals surface area (Å²) in [6.45, 7) is 5.39. The normalized spacial score (nSPS) is 18.7. The minimum atomic E-state index is -0.679. The molecule has 0 radical (unpaired) electrons. The van der Waals surface area contributed by atoms with E-state index in [1.807, 2.05) is 41.4 Å². The summed E-state index contributed by atoms with van der Waals surface area (Å²) >= 11 is 3.78. The van der Waals surface area contributed by atoms with E-state index in [2.05, 4.69) is 40.4 Å². The van der Waals surface area contributed by atoms with Gasteiger partial charge < -0.3 is 14.7 Å². The number of carboxylic acid groups (broad SMARTS) is 1. The summed E-state index contributed by atoms with van der Waals surface area (Å²) in [5, 5.41) is 12.6. The molecule has 0 saturated carbocycles. The van der Waals surface area contributed by atoms with Crippen LogP contribution in [-0.4, -0.2) is 53.5 Å². The molecule has 1 saturated heterocycles. The molecule has 35 heavy (non-hydrogen) atoms. The molecule has 2 atom stereocenters. The second-order valence-corrected chi connectivity index (χ2v) is 11.8. The van der Waals surface area contributed by atoms with Gasteiger partial charge in [0.2, 0.25) is 0 Å². The highest BCUT2D eigenvalue weighted by Gasteiger charge is 2.29. The number of hydrogen-bond acceptors (Lipinski definition) is 6. The number of benzene rings is 1. The van der Waals surface area contributed by atoms with Crippen molar-refractivity contribution >= 4 is 40.0 Å². The summed E-state index contributed by atoms with van der Waals surface area (Å²) in [5.74, 6) is 2.33. The van der Waals surface area contributed by atoms with Crippen LogP contribution >= 0.6 is 23.1 Å². The Hall–Kier alpha value is -2.09. The van der Waals surface area contributed by atoms with Gasteiger partial charge in [-0.2, -0.15) is 0 Å². The molecule has 0 aliphatic carbocycles. The van der Waals surface area contributed by atoms with Gasteiger partial charge in [0.15, 0.2) is 0 Å². The minimum absolute atomic E-state index is 0.271. The van der Waals surface area contributed by atoms with Crippen molar-refractivity contribution in [2.75, 3.05) is 32.5 Å². The number of thiophene rings is 1. The van der Waals surface area contributed by atoms with Crippen molar-refractivity contribution < 1.29 is 14.6 Å². The van der Waals surface area contributed by atoms with E-state index in [1.165, 1.54) is 20.7 Å². The Kier molecular flexibility index (Phi) is 9.46. The Bertz CT molecular complexity index is 1120. The number of methoxy groups -OCH3 is 1. The maximum Gasteiger partial charge on any atom is 0.303 e. The van der Waals surface area contributed by atoms with Crippen LogP contribution in [0.4, 0.5) is 0 Å². The molecule has 3 aromatic rings. The number of thioether (sulfide) groups is 1. The Balaban J connectivity index is 1.32. The van der Waals surface area contributed by atoms with Gasteiger partial charge in [0.05, 0.1) is 16.8 Å². The van der Waals surface area contributed by atoms with Crippen LogP contribution in [0.2, 0.25) is 0 Å². The number of nitrogens with zero attached hydrogens (tertiary/aromatic N) is 2. The van der Waals surface area contributed by atoms with E-state index in [9.17, 15) is 9.90 Å². The lowest BCUT2D eigenvalue weighted by Gasteiger charge is -2.39. The molecule has 5 nitrogen and oxygen atoms in total. The summed E-state index contributed by atoms with van der Waals surface area (Å²) in [5.41, 5.74) is 3.69. The van der Waals surface area contributed by atoms with Gasteiger partial charge in [-0.25, -0.2) is 0 Å². The van der Waals surface area contributed by atoms with Crippen LogP contribution in [0.5, 0.6) is 5.75 Å². The molecule has 1 aliphatic heterocycles. The van der Waals surface area contributed by atoms with E-state index in [-0.39, 0.29) is 6.42 Å². The van der Waals surface area contributed by atoms with Crippen LogP contribution in [0.3, 0.4) is 0 Å². The van der Waals surface area contributed by atoms with Gasteiger partial charge in [0, 0.05) is 36.8 Å². The number of rotatable bonds is 12. The summed E-state index contributed by atoms with van der Waals surface area (Å²) in [7, 11) is 1.70. The quantitative estimate of drug-likeness (QED) is 0.278. The zero-order chi connectivity index (χ0) is 24.6. The van der Waals surface area contributed by atoms with Crippen molar-refractivity contribution in [2.45, 2.75) is 49.7 Å². The van der Waals surface area contributed by atoms with E-state index in [4.69, 9.17) is 4.74 Å². The lowest BCUT2D eigenvalue weighted by molar-refractivity contribution is -0.137. The fourth-order valence-corrected chi connectivity index (χ4v) is 7.40. The molecule has 4 rings (SSSR count). The van der Waals surface area contributed by atoms with Gasteiger partial charge >= 0.3 is 5.97 Å². The molecule has 188 valence electrons. The molecule has 7 heteroatoms. The van der Waals surface area contributed by atoms with Gasteiger partial charge in [-0.05, 0) is 104 Å². The zero-order valence-electron chi connectivity index (χ0n) is 20.7. The van der Waals surface area contributed by atoms with Crippen molar-refractivity contribution in [3.8, 4) is 5.75 Å². The van der Waals surface area contributed by atoms with E-state index >= 15 is 0 Å². The molecule has 1 aromatic carbocycles. The number of piperidine rings is 1. The van der Waals surface area contributed by atoms with Crippen LogP contribution < -0.4 is 4.74 Å². The fraction of sp³-hybridized carbons (Fsp3) is 0.500. The Morgan fingerprint density at radius 2 is 2.14 bits per heavy atom. The van der Waals surface area contributed by atoms with Gasteiger partial charge in [0.1, 0.15) is 5.75 Å². The molecule has 1 N–H and O–H groups in total. The predicted molar refractivity (Wildman–Crippen MR) is 146 cm³/mol. The summed E-state index contributed by atoms with van der Waals surface area (Å²) in [6, 6.07) is 10.4. The first-order valence-electron chi connectivity index (χ1n) is 12.6. The zero-order valence-corrected chi connectivity index (χ0v) is 22.4. The number of aryl methyl sites for hydroxylation is 2. The molecule has 2 aromatic heterocycles. The third kappa shape index (κ3) is 7.21. The van der Waals surface area contributed by atoms with Crippen molar-refractivity contribution in [1.29, 1.82) is 0 Å². The molecular weight excluding hydrogens is 476 g/mol. The first-order valence-corrected chi connectivity index (χ1v) is 14.4. The van der Waals surface area contributed by atoms with Crippen molar-refractivity contribution in [2.24, 2.45) is 11.8 Å². The highest BCUT2D eigenvalue weighted by molar-refractivity contribution is 8.01. The van der Waals surface area contributed by atoms with E-state index < -0.39 is 5.97 Å². The second-order valence-electron chi connectivity index (χ2n) is 9.53. The summed E-state index contributed by atoms with van der Waals surface area (Å²) in [4.78, 5) is 18.4. The number of pyridine rings is 1. The van der Waals surface area contributed by atoms with Crippen molar-refractivity contribution in [3.63, 3.8) is 0 Å². The first-order chi connectivity index (χ1) is 17.0. The fourth-order valence-electron chi connectivity index (χ4n) is 5.23. The van der Waals surface area contributed by atoms with Crippen molar-refractivity contribution in [3.05, 3.63) is 53.0 Å². The average Bonchev–Trinajstić information content (AvgIpc) is 3.28. The number of fused-ring (bicyclic) bond motifs is 1. The molecule has 1 aliphatic rings. The SMILES string of the molecule is COc1ccc2nccc(CCCC3CCN(CCSc4sccc4C)CC3CCC(=O)O)c2c1. The highest BCUT2D eigenvalue weighted by atomic mass is 32.2. The van der Waals surface area contributed by atoms with Gasteiger partial charge in [0.25, 0.3) is 0 Å².